The number of carbonyl (C=O) groups excluding carboxylic acids is 1. The summed E-state index contributed by atoms with van der Waals surface area (Å²) < 4.78 is 25.9. The monoisotopic (exact) mass is 320 g/mol. The molecule has 0 fully saturated rings. The van der Waals surface area contributed by atoms with Gasteiger partial charge >= 0.3 is 5.97 Å². The molecule has 0 bridgehead atoms. The van der Waals surface area contributed by atoms with E-state index in [0.29, 0.717) is 0 Å². The van der Waals surface area contributed by atoms with E-state index < -0.39 is 28.4 Å². The van der Waals surface area contributed by atoms with E-state index in [2.05, 4.69) is 10.0 Å². The minimum atomic E-state index is -3.74. The second-order valence-electron chi connectivity index (χ2n) is 3.78. The molecule has 0 atom stereocenters. The molecule has 0 heterocycles. The van der Waals surface area contributed by atoms with Crippen LogP contribution < -0.4 is 10.0 Å². The number of benzene rings is 1. The Labute approximate surface area is 121 Å². The molecule has 1 rings (SSSR count). The van der Waals surface area contributed by atoms with Gasteiger partial charge in [-0.3, -0.25) is 9.59 Å². The number of hydrogen-bond acceptors (Lipinski definition) is 4. The SMILES string of the molecule is O=C(O)CNC(=O)CCNS(=O)(=O)c1cccc(Cl)c1. The summed E-state index contributed by atoms with van der Waals surface area (Å²) in [5.41, 5.74) is 0. The Morgan fingerprint density at radius 1 is 1.30 bits per heavy atom. The van der Waals surface area contributed by atoms with Gasteiger partial charge in [-0.1, -0.05) is 17.7 Å². The average molecular weight is 321 g/mol. The smallest absolute Gasteiger partial charge is 0.322 e. The third-order valence-corrected chi connectivity index (χ3v) is 3.88. The van der Waals surface area contributed by atoms with Gasteiger partial charge in [-0.25, -0.2) is 13.1 Å². The molecular formula is C11H13ClN2O5S. The van der Waals surface area contributed by atoms with Crippen molar-refractivity contribution < 1.29 is 23.1 Å². The fourth-order valence-corrected chi connectivity index (χ4v) is 2.61. The van der Waals surface area contributed by atoms with Crippen LogP contribution in [0.1, 0.15) is 6.42 Å². The molecule has 0 aliphatic rings. The van der Waals surface area contributed by atoms with Crippen LogP contribution >= 0.6 is 11.6 Å². The topological polar surface area (TPSA) is 113 Å². The Morgan fingerprint density at radius 3 is 2.60 bits per heavy atom. The Balaban J connectivity index is 2.48. The number of aliphatic carboxylic acids is 1. The summed E-state index contributed by atoms with van der Waals surface area (Å²) in [5, 5.41) is 10.8. The molecule has 7 nitrogen and oxygen atoms in total. The first-order valence-electron chi connectivity index (χ1n) is 5.55. The van der Waals surface area contributed by atoms with Crippen molar-refractivity contribution in [2.75, 3.05) is 13.1 Å². The lowest BCUT2D eigenvalue weighted by atomic mass is 10.4. The third-order valence-electron chi connectivity index (χ3n) is 2.19. The van der Waals surface area contributed by atoms with Crippen molar-refractivity contribution in [2.45, 2.75) is 11.3 Å². The Kier molecular flexibility index (Phi) is 5.93. The first kappa shape index (κ1) is 16.4. The molecule has 3 N–H and O–H groups in total. The molecular weight excluding hydrogens is 308 g/mol. The lowest BCUT2D eigenvalue weighted by molar-refractivity contribution is -0.137. The average Bonchev–Trinajstić information content (AvgIpc) is 2.36. The molecule has 0 aromatic heterocycles. The number of nitrogens with one attached hydrogen (secondary N) is 2. The Bertz CT molecular complexity index is 603. The first-order chi connectivity index (χ1) is 9.31. The van der Waals surface area contributed by atoms with Crippen molar-refractivity contribution in [1.82, 2.24) is 10.0 Å². The van der Waals surface area contributed by atoms with Gasteiger partial charge in [-0.05, 0) is 18.2 Å². The van der Waals surface area contributed by atoms with Crippen LogP contribution in [0.4, 0.5) is 0 Å². The van der Waals surface area contributed by atoms with Crippen molar-refractivity contribution >= 4 is 33.5 Å². The second kappa shape index (κ2) is 7.22. The molecule has 0 aliphatic carbocycles. The second-order valence-corrected chi connectivity index (χ2v) is 5.98. The zero-order chi connectivity index (χ0) is 15.2. The number of carbonyl (C=O) groups is 2. The molecule has 1 aromatic carbocycles. The maximum Gasteiger partial charge on any atom is 0.322 e. The summed E-state index contributed by atoms with van der Waals surface area (Å²) in [5.74, 6) is -1.72. The van der Waals surface area contributed by atoms with Gasteiger partial charge in [-0.2, -0.15) is 0 Å². The van der Waals surface area contributed by atoms with Crippen LogP contribution in [-0.2, 0) is 19.6 Å². The maximum atomic E-state index is 11.8. The molecule has 1 aromatic rings. The van der Waals surface area contributed by atoms with Crippen LogP contribution in [0.2, 0.25) is 5.02 Å². The summed E-state index contributed by atoms with van der Waals surface area (Å²) in [7, 11) is -3.74. The highest BCUT2D eigenvalue weighted by molar-refractivity contribution is 7.89. The third kappa shape index (κ3) is 5.55. The minimum Gasteiger partial charge on any atom is -0.480 e. The minimum absolute atomic E-state index is 0.00376. The van der Waals surface area contributed by atoms with Gasteiger partial charge in [0.2, 0.25) is 15.9 Å². The van der Waals surface area contributed by atoms with Gasteiger partial charge in [0.05, 0.1) is 4.90 Å². The van der Waals surface area contributed by atoms with Crippen molar-refractivity contribution in [3.05, 3.63) is 29.3 Å². The number of halogens is 1. The van der Waals surface area contributed by atoms with Crippen molar-refractivity contribution in [2.24, 2.45) is 0 Å². The van der Waals surface area contributed by atoms with E-state index in [9.17, 15) is 18.0 Å². The highest BCUT2D eigenvalue weighted by atomic mass is 35.5. The standard InChI is InChI=1S/C11H13ClN2O5S/c12-8-2-1-3-9(6-8)20(18,19)14-5-4-10(15)13-7-11(16)17/h1-3,6,14H,4-5,7H2,(H,13,15)(H,16,17). The van der Waals surface area contributed by atoms with Crippen LogP contribution in [0.15, 0.2) is 29.2 Å². The summed E-state index contributed by atoms with van der Waals surface area (Å²) >= 11 is 5.69. The summed E-state index contributed by atoms with van der Waals surface area (Å²) in [6.07, 6.45) is -0.160. The number of sulfonamides is 1. The molecule has 110 valence electrons. The molecule has 0 aliphatic heterocycles. The molecule has 1 amide bonds. The van der Waals surface area contributed by atoms with E-state index in [1.807, 2.05) is 0 Å². The molecule has 0 saturated carbocycles. The summed E-state index contributed by atoms with van der Waals surface area (Å²) in [6.45, 7) is -0.639. The van der Waals surface area contributed by atoms with Crippen LogP contribution in [0.3, 0.4) is 0 Å². The summed E-state index contributed by atoms with van der Waals surface area (Å²) in [4.78, 5) is 21.4. The van der Waals surface area contributed by atoms with Gasteiger partial charge in [0.25, 0.3) is 0 Å². The number of rotatable bonds is 7. The van der Waals surface area contributed by atoms with E-state index in [1.165, 1.54) is 18.2 Å². The lowest BCUT2D eigenvalue weighted by Gasteiger charge is -2.07. The fraction of sp³-hybridized carbons (Fsp3) is 0.273. The van der Waals surface area contributed by atoms with Gasteiger partial charge < -0.3 is 10.4 Å². The van der Waals surface area contributed by atoms with E-state index in [0.717, 1.165) is 0 Å². The van der Waals surface area contributed by atoms with E-state index in [4.69, 9.17) is 16.7 Å². The predicted molar refractivity (Wildman–Crippen MR) is 71.9 cm³/mol. The summed E-state index contributed by atoms with van der Waals surface area (Å²) in [6, 6.07) is 5.70. The lowest BCUT2D eigenvalue weighted by Crippen LogP contribution is -2.33. The Morgan fingerprint density at radius 2 is 2.00 bits per heavy atom. The van der Waals surface area contributed by atoms with Gasteiger partial charge in [-0.15, -0.1) is 0 Å². The quantitative estimate of drug-likeness (QED) is 0.664. The number of carboxylic acid groups (broad SMARTS) is 1. The van der Waals surface area contributed by atoms with Crippen LogP contribution in [0.5, 0.6) is 0 Å². The van der Waals surface area contributed by atoms with E-state index in [1.54, 1.807) is 6.07 Å². The molecule has 0 saturated heterocycles. The zero-order valence-corrected chi connectivity index (χ0v) is 11.9. The van der Waals surface area contributed by atoms with Gasteiger partial charge in [0.15, 0.2) is 0 Å². The largest absolute Gasteiger partial charge is 0.480 e. The predicted octanol–water partition coefficient (Wildman–Crippen LogP) is 0.209. The number of carboxylic acids is 1. The molecule has 9 heteroatoms. The molecule has 0 spiro atoms. The van der Waals surface area contributed by atoms with Crippen LogP contribution in [0, 0.1) is 0 Å². The van der Waals surface area contributed by atoms with Crippen LogP contribution in [0.25, 0.3) is 0 Å². The molecule has 20 heavy (non-hydrogen) atoms. The van der Waals surface area contributed by atoms with E-state index in [-0.39, 0.29) is 22.9 Å². The van der Waals surface area contributed by atoms with Gasteiger partial charge in [0.1, 0.15) is 6.54 Å². The highest BCUT2D eigenvalue weighted by Crippen LogP contribution is 2.14. The fourth-order valence-electron chi connectivity index (χ4n) is 1.28. The van der Waals surface area contributed by atoms with Crippen LogP contribution in [-0.4, -0.2) is 38.5 Å². The van der Waals surface area contributed by atoms with Crippen molar-refractivity contribution in [3.63, 3.8) is 0 Å². The molecule has 0 unspecified atom stereocenters. The highest BCUT2D eigenvalue weighted by Gasteiger charge is 2.14. The number of hydrogen-bond donors (Lipinski definition) is 3. The van der Waals surface area contributed by atoms with Crippen molar-refractivity contribution in [1.29, 1.82) is 0 Å². The Hall–Kier alpha value is -1.64. The first-order valence-corrected chi connectivity index (χ1v) is 7.41. The zero-order valence-electron chi connectivity index (χ0n) is 10.3. The van der Waals surface area contributed by atoms with E-state index >= 15 is 0 Å². The van der Waals surface area contributed by atoms with Crippen molar-refractivity contribution in [3.8, 4) is 0 Å². The van der Waals surface area contributed by atoms with Gasteiger partial charge in [0, 0.05) is 18.0 Å². The molecule has 0 radical (unpaired) electrons. The normalized spacial score (nSPS) is 11.1. The number of amides is 1. The maximum absolute atomic E-state index is 11.8.